The first-order valence-electron chi connectivity index (χ1n) is 10.3. The van der Waals surface area contributed by atoms with E-state index in [4.69, 9.17) is 4.74 Å². The summed E-state index contributed by atoms with van der Waals surface area (Å²) in [7, 11) is 0. The zero-order valence-electron chi connectivity index (χ0n) is 16.7. The van der Waals surface area contributed by atoms with Crippen LogP contribution in [0.2, 0.25) is 0 Å². The summed E-state index contributed by atoms with van der Waals surface area (Å²) in [6.07, 6.45) is 6.72. The van der Waals surface area contributed by atoms with Gasteiger partial charge in [-0.3, -0.25) is 0 Å². The fraction of sp³-hybridized carbons (Fsp3) is 0.818. The molecule has 2 fully saturated rings. The van der Waals surface area contributed by atoms with E-state index in [1.807, 2.05) is 0 Å². The predicted molar refractivity (Wildman–Crippen MR) is 102 cm³/mol. The predicted octanol–water partition coefficient (Wildman–Crippen LogP) is 1.94. The third-order valence-corrected chi connectivity index (χ3v) is 8.50. The summed E-state index contributed by atoms with van der Waals surface area (Å²) in [6.45, 7) is 6.68. The molecule has 1 saturated carbocycles. The SMILES string of the molecule is CC1=CC[C@@H]2[C@@](C)(CO)CCC[C@]2(C)[C@@H]1C[C@]12O[C@H]1[C@@H](O)C(CO)=C[C@H]2O. The average Bonchev–Trinajstić information content (AvgIpc) is 3.38. The topological polar surface area (TPSA) is 93.5 Å². The fourth-order valence-corrected chi connectivity index (χ4v) is 6.70. The van der Waals surface area contributed by atoms with E-state index in [1.165, 1.54) is 5.57 Å². The Kier molecular flexibility index (Phi) is 4.64. The minimum absolute atomic E-state index is 0.0471. The van der Waals surface area contributed by atoms with E-state index in [-0.39, 0.29) is 30.0 Å². The lowest BCUT2D eigenvalue weighted by atomic mass is 9.47. The number of epoxide rings is 1. The number of fused-ring (bicyclic) bond motifs is 2. The molecule has 0 amide bonds. The maximum absolute atomic E-state index is 10.8. The number of aliphatic hydroxyl groups is 4. The molecule has 27 heavy (non-hydrogen) atoms. The van der Waals surface area contributed by atoms with Crippen molar-refractivity contribution in [2.24, 2.45) is 22.7 Å². The molecule has 152 valence electrons. The first-order chi connectivity index (χ1) is 12.7. The number of rotatable bonds is 4. The van der Waals surface area contributed by atoms with Crippen LogP contribution in [0.4, 0.5) is 0 Å². The van der Waals surface area contributed by atoms with E-state index >= 15 is 0 Å². The lowest BCUT2D eigenvalue weighted by Gasteiger charge is -2.57. The maximum atomic E-state index is 10.8. The molecule has 3 aliphatic carbocycles. The van der Waals surface area contributed by atoms with Gasteiger partial charge in [0.15, 0.2) is 0 Å². The van der Waals surface area contributed by atoms with Gasteiger partial charge in [0.25, 0.3) is 0 Å². The van der Waals surface area contributed by atoms with Gasteiger partial charge >= 0.3 is 0 Å². The van der Waals surface area contributed by atoms with Gasteiger partial charge in [0.05, 0.1) is 6.61 Å². The van der Waals surface area contributed by atoms with Crippen LogP contribution in [0.25, 0.3) is 0 Å². The van der Waals surface area contributed by atoms with Crippen molar-refractivity contribution in [2.45, 2.75) is 76.8 Å². The van der Waals surface area contributed by atoms with E-state index in [2.05, 4.69) is 26.8 Å². The third kappa shape index (κ3) is 2.70. The number of hydrogen-bond acceptors (Lipinski definition) is 5. The van der Waals surface area contributed by atoms with E-state index in [9.17, 15) is 20.4 Å². The Morgan fingerprint density at radius 1 is 1.19 bits per heavy atom. The van der Waals surface area contributed by atoms with Gasteiger partial charge in [0.1, 0.15) is 23.9 Å². The Hall–Kier alpha value is -0.720. The highest BCUT2D eigenvalue weighted by atomic mass is 16.6. The van der Waals surface area contributed by atoms with Crippen LogP contribution < -0.4 is 0 Å². The van der Waals surface area contributed by atoms with Gasteiger partial charge < -0.3 is 25.2 Å². The lowest BCUT2D eigenvalue weighted by Crippen LogP contribution is -2.53. The molecule has 0 spiro atoms. The van der Waals surface area contributed by atoms with Crippen LogP contribution in [-0.4, -0.2) is 57.6 Å². The molecule has 4 aliphatic rings. The van der Waals surface area contributed by atoms with Gasteiger partial charge in [-0.15, -0.1) is 0 Å². The first-order valence-corrected chi connectivity index (χ1v) is 10.3. The summed E-state index contributed by atoms with van der Waals surface area (Å²) >= 11 is 0. The molecule has 5 heteroatoms. The zero-order valence-corrected chi connectivity index (χ0v) is 16.7. The van der Waals surface area contributed by atoms with Crippen LogP contribution >= 0.6 is 0 Å². The molecule has 0 bridgehead atoms. The van der Waals surface area contributed by atoms with E-state index in [1.54, 1.807) is 6.08 Å². The minimum Gasteiger partial charge on any atom is -0.396 e. The Balaban J connectivity index is 1.65. The van der Waals surface area contributed by atoms with Gasteiger partial charge in [0, 0.05) is 6.61 Å². The number of aliphatic hydroxyl groups excluding tert-OH is 4. The second-order valence-electron chi connectivity index (χ2n) is 9.95. The highest BCUT2D eigenvalue weighted by molar-refractivity contribution is 5.33. The van der Waals surface area contributed by atoms with Crippen molar-refractivity contribution in [1.29, 1.82) is 0 Å². The van der Waals surface area contributed by atoms with Gasteiger partial charge in [-0.05, 0) is 66.9 Å². The van der Waals surface area contributed by atoms with Crippen LogP contribution in [0.5, 0.6) is 0 Å². The van der Waals surface area contributed by atoms with Crippen LogP contribution in [0, 0.1) is 22.7 Å². The Labute approximate surface area is 161 Å². The number of allylic oxidation sites excluding steroid dienone is 2. The summed E-state index contributed by atoms with van der Waals surface area (Å²) in [6, 6.07) is 0. The second-order valence-corrected chi connectivity index (χ2v) is 9.95. The molecule has 0 aromatic carbocycles. The normalized spacial score (nSPS) is 51.7. The van der Waals surface area contributed by atoms with E-state index in [0.717, 1.165) is 25.7 Å². The molecule has 1 aliphatic heterocycles. The van der Waals surface area contributed by atoms with Crippen molar-refractivity contribution in [3.05, 3.63) is 23.3 Å². The molecular weight excluding hydrogens is 344 g/mol. The summed E-state index contributed by atoms with van der Waals surface area (Å²) in [5.74, 6) is 0.651. The first kappa shape index (κ1) is 19.6. The molecule has 0 radical (unpaired) electrons. The highest BCUT2D eigenvalue weighted by Gasteiger charge is 2.68. The lowest BCUT2D eigenvalue weighted by molar-refractivity contribution is -0.0808. The molecule has 0 aromatic rings. The van der Waals surface area contributed by atoms with Crippen molar-refractivity contribution in [1.82, 2.24) is 0 Å². The largest absolute Gasteiger partial charge is 0.396 e. The van der Waals surface area contributed by atoms with Gasteiger partial charge in [-0.25, -0.2) is 0 Å². The van der Waals surface area contributed by atoms with Crippen molar-refractivity contribution < 1.29 is 25.2 Å². The smallest absolute Gasteiger partial charge is 0.128 e. The monoisotopic (exact) mass is 378 g/mol. The Morgan fingerprint density at radius 2 is 1.93 bits per heavy atom. The molecule has 5 nitrogen and oxygen atoms in total. The quantitative estimate of drug-likeness (QED) is 0.443. The number of ether oxygens (including phenoxy) is 1. The van der Waals surface area contributed by atoms with Gasteiger partial charge in [-0.1, -0.05) is 31.9 Å². The molecule has 4 N–H and O–H groups in total. The molecule has 1 saturated heterocycles. The van der Waals surface area contributed by atoms with E-state index < -0.39 is 23.9 Å². The Bertz CT molecular complexity index is 672. The maximum Gasteiger partial charge on any atom is 0.128 e. The van der Waals surface area contributed by atoms with Crippen molar-refractivity contribution in [3.63, 3.8) is 0 Å². The molecule has 8 atom stereocenters. The second kappa shape index (κ2) is 6.39. The highest BCUT2D eigenvalue weighted by Crippen LogP contribution is 2.63. The minimum atomic E-state index is -0.844. The third-order valence-electron chi connectivity index (χ3n) is 8.50. The fourth-order valence-electron chi connectivity index (χ4n) is 6.70. The van der Waals surface area contributed by atoms with Crippen molar-refractivity contribution in [2.75, 3.05) is 13.2 Å². The summed E-state index contributed by atoms with van der Waals surface area (Å²) in [5, 5.41) is 40.7. The van der Waals surface area contributed by atoms with Gasteiger partial charge in [0.2, 0.25) is 0 Å². The van der Waals surface area contributed by atoms with Crippen molar-refractivity contribution in [3.8, 4) is 0 Å². The van der Waals surface area contributed by atoms with Crippen LogP contribution in [0.15, 0.2) is 23.3 Å². The zero-order chi connectivity index (χ0) is 19.6. The summed E-state index contributed by atoms with van der Waals surface area (Å²) < 4.78 is 5.94. The van der Waals surface area contributed by atoms with E-state index in [0.29, 0.717) is 17.9 Å². The molecule has 1 heterocycles. The standard InChI is InChI=1S/C22H34O5/c1-13-5-6-16-20(2,12-24)7-4-8-21(16,3)15(13)10-22-17(25)9-14(11-23)18(26)19(22)27-22/h5,9,15-19,23-26H,4,6-8,10-12H2,1-3H3/t15-,16-,17-,18+,19+,20-,21-,22-/m1/s1. The van der Waals surface area contributed by atoms with Crippen LogP contribution in [-0.2, 0) is 4.74 Å². The molecule has 0 unspecified atom stereocenters. The van der Waals surface area contributed by atoms with Crippen LogP contribution in [0.3, 0.4) is 0 Å². The van der Waals surface area contributed by atoms with Gasteiger partial charge in [-0.2, -0.15) is 0 Å². The Morgan fingerprint density at radius 3 is 2.59 bits per heavy atom. The number of hydrogen-bond donors (Lipinski definition) is 4. The summed E-state index contributed by atoms with van der Waals surface area (Å²) in [4.78, 5) is 0. The molecular formula is C22H34O5. The molecule has 0 aromatic heterocycles. The van der Waals surface area contributed by atoms with Crippen LogP contribution in [0.1, 0.15) is 52.9 Å². The molecule has 4 rings (SSSR count). The van der Waals surface area contributed by atoms with Crippen molar-refractivity contribution >= 4 is 0 Å². The summed E-state index contributed by atoms with van der Waals surface area (Å²) in [5.41, 5.74) is 1.00. The average molecular weight is 379 g/mol.